The average Bonchev–Trinajstić information content (AvgIpc) is 2.76. The van der Waals surface area contributed by atoms with Crippen LogP contribution >= 0.6 is 0 Å². The van der Waals surface area contributed by atoms with Crippen LogP contribution in [0.2, 0.25) is 0 Å². The molecule has 0 unspecified atom stereocenters. The van der Waals surface area contributed by atoms with Gasteiger partial charge in [0.15, 0.2) is 0 Å². The second-order valence-corrected chi connectivity index (χ2v) is 6.20. The highest BCUT2D eigenvalue weighted by Crippen LogP contribution is 2.33. The van der Waals surface area contributed by atoms with Gasteiger partial charge in [-0.1, -0.05) is 45.0 Å². The molecule has 2 nitrogen and oxygen atoms in total. The lowest BCUT2D eigenvalue weighted by Crippen LogP contribution is -2.10. The van der Waals surface area contributed by atoms with Crippen molar-refractivity contribution in [3.05, 3.63) is 60.3 Å². The summed E-state index contributed by atoms with van der Waals surface area (Å²) in [6.07, 6.45) is 1.78. The SMILES string of the molecule is CC(C)(C)c1ccc2c(c1)c(O)cn2-c1ccccc1. The zero-order valence-corrected chi connectivity index (χ0v) is 12.1. The Labute approximate surface area is 119 Å². The third kappa shape index (κ3) is 2.07. The number of aromatic hydroxyl groups is 1. The minimum atomic E-state index is 0.0788. The van der Waals surface area contributed by atoms with Gasteiger partial charge in [-0.25, -0.2) is 0 Å². The molecule has 0 aliphatic carbocycles. The van der Waals surface area contributed by atoms with Gasteiger partial charge in [0, 0.05) is 11.1 Å². The van der Waals surface area contributed by atoms with E-state index in [2.05, 4.69) is 39.0 Å². The monoisotopic (exact) mass is 265 g/mol. The molecule has 0 bridgehead atoms. The Morgan fingerprint density at radius 2 is 1.65 bits per heavy atom. The summed E-state index contributed by atoms with van der Waals surface area (Å²) in [6, 6.07) is 16.4. The molecule has 0 aliphatic rings. The van der Waals surface area contributed by atoms with E-state index in [0.29, 0.717) is 5.75 Å². The lowest BCUT2D eigenvalue weighted by atomic mass is 9.86. The maximum atomic E-state index is 10.2. The first kappa shape index (κ1) is 12.8. The summed E-state index contributed by atoms with van der Waals surface area (Å²) >= 11 is 0. The molecule has 3 rings (SSSR count). The van der Waals surface area contributed by atoms with Crippen LogP contribution in [0.3, 0.4) is 0 Å². The fourth-order valence-electron chi connectivity index (χ4n) is 2.48. The normalized spacial score (nSPS) is 11.9. The molecule has 0 saturated carbocycles. The number of hydrogen-bond acceptors (Lipinski definition) is 1. The van der Waals surface area contributed by atoms with Gasteiger partial charge in [0.2, 0.25) is 0 Å². The van der Waals surface area contributed by atoms with Crippen molar-refractivity contribution < 1.29 is 5.11 Å². The second kappa shape index (κ2) is 4.41. The standard InChI is InChI=1S/C18H19NO/c1-18(2,3)13-9-10-16-15(11-13)17(20)12-19(16)14-7-5-4-6-8-14/h4-12,20H,1-3H3. The first-order valence-corrected chi connectivity index (χ1v) is 6.87. The zero-order valence-electron chi connectivity index (χ0n) is 12.1. The van der Waals surface area contributed by atoms with Gasteiger partial charge in [0.1, 0.15) is 5.75 Å². The summed E-state index contributed by atoms with van der Waals surface area (Å²) in [5.41, 5.74) is 3.39. The van der Waals surface area contributed by atoms with Crippen molar-refractivity contribution in [1.82, 2.24) is 4.57 Å². The highest BCUT2D eigenvalue weighted by molar-refractivity contribution is 5.88. The molecule has 0 fully saturated rings. The molecule has 0 amide bonds. The van der Waals surface area contributed by atoms with E-state index in [9.17, 15) is 5.11 Å². The minimum Gasteiger partial charge on any atom is -0.506 e. The molecule has 0 aliphatic heterocycles. The first-order chi connectivity index (χ1) is 9.47. The summed E-state index contributed by atoms with van der Waals surface area (Å²) in [6.45, 7) is 6.54. The number of para-hydroxylation sites is 1. The molecule has 0 spiro atoms. The van der Waals surface area contributed by atoms with Crippen LogP contribution in [0.4, 0.5) is 0 Å². The van der Waals surface area contributed by atoms with Crippen LogP contribution in [-0.2, 0) is 5.41 Å². The molecule has 1 N–H and O–H groups in total. The largest absolute Gasteiger partial charge is 0.506 e. The van der Waals surface area contributed by atoms with Crippen LogP contribution in [0.1, 0.15) is 26.3 Å². The topological polar surface area (TPSA) is 25.2 Å². The molecule has 102 valence electrons. The Kier molecular flexibility index (Phi) is 2.82. The van der Waals surface area contributed by atoms with Crippen LogP contribution in [0.15, 0.2) is 54.7 Å². The lowest BCUT2D eigenvalue weighted by molar-refractivity contribution is 0.480. The maximum absolute atomic E-state index is 10.2. The van der Waals surface area contributed by atoms with Crippen molar-refractivity contribution in [2.75, 3.05) is 0 Å². The van der Waals surface area contributed by atoms with E-state index in [4.69, 9.17) is 0 Å². The van der Waals surface area contributed by atoms with Crippen LogP contribution < -0.4 is 0 Å². The van der Waals surface area contributed by atoms with E-state index in [1.54, 1.807) is 6.20 Å². The summed E-state index contributed by atoms with van der Waals surface area (Å²) in [5.74, 6) is 0.329. The molecule has 0 saturated heterocycles. The van der Waals surface area contributed by atoms with Gasteiger partial charge in [-0.2, -0.15) is 0 Å². The van der Waals surface area contributed by atoms with Gasteiger partial charge in [-0.15, -0.1) is 0 Å². The average molecular weight is 265 g/mol. The summed E-state index contributed by atoms with van der Waals surface area (Å²) in [4.78, 5) is 0. The number of hydrogen-bond donors (Lipinski definition) is 1. The fraction of sp³-hybridized carbons (Fsp3) is 0.222. The number of nitrogens with zero attached hydrogens (tertiary/aromatic N) is 1. The Bertz CT molecular complexity index is 748. The van der Waals surface area contributed by atoms with Gasteiger partial charge in [-0.3, -0.25) is 0 Å². The molecule has 2 heteroatoms. The number of fused-ring (bicyclic) bond motifs is 1. The van der Waals surface area contributed by atoms with Crippen molar-refractivity contribution in [2.24, 2.45) is 0 Å². The number of rotatable bonds is 1. The van der Waals surface area contributed by atoms with Gasteiger partial charge in [-0.05, 0) is 35.2 Å². The quantitative estimate of drug-likeness (QED) is 0.681. The molecule has 20 heavy (non-hydrogen) atoms. The minimum absolute atomic E-state index is 0.0788. The van der Waals surface area contributed by atoms with Crippen molar-refractivity contribution >= 4 is 10.9 Å². The summed E-state index contributed by atoms with van der Waals surface area (Å²) < 4.78 is 2.02. The van der Waals surface area contributed by atoms with E-state index in [0.717, 1.165) is 16.6 Å². The molecule has 2 aromatic carbocycles. The molecule has 1 aromatic heterocycles. The van der Waals surface area contributed by atoms with E-state index in [1.165, 1.54) is 5.56 Å². The third-order valence-corrected chi connectivity index (χ3v) is 3.68. The van der Waals surface area contributed by atoms with Crippen molar-refractivity contribution in [3.8, 4) is 11.4 Å². The number of benzene rings is 2. The van der Waals surface area contributed by atoms with Crippen LogP contribution in [0.5, 0.6) is 5.75 Å². The predicted octanol–water partition coefficient (Wildman–Crippen LogP) is 4.63. The lowest BCUT2D eigenvalue weighted by Gasteiger charge is -2.19. The molecule has 0 radical (unpaired) electrons. The Balaban J connectivity index is 2.23. The van der Waals surface area contributed by atoms with E-state index in [1.807, 2.05) is 34.9 Å². The Hall–Kier alpha value is -2.22. The highest BCUT2D eigenvalue weighted by Gasteiger charge is 2.16. The molecular formula is C18H19NO. The first-order valence-electron chi connectivity index (χ1n) is 6.87. The van der Waals surface area contributed by atoms with Crippen LogP contribution in [-0.4, -0.2) is 9.67 Å². The van der Waals surface area contributed by atoms with Crippen molar-refractivity contribution in [3.63, 3.8) is 0 Å². The molecule has 0 atom stereocenters. The highest BCUT2D eigenvalue weighted by atomic mass is 16.3. The second-order valence-electron chi connectivity index (χ2n) is 6.20. The third-order valence-electron chi connectivity index (χ3n) is 3.68. The van der Waals surface area contributed by atoms with E-state index in [-0.39, 0.29) is 5.41 Å². The summed E-state index contributed by atoms with van der Waals surface area (Å²) in [7, 11) is 0. The van der Waals surface area contributed by atoms with Gasteiger partial charge < -0.3 is 9.67 Å². The molecule has 3 aromatic rings. The van der Waals surface area contributed by atoms with Gasteiger partial charge >= 0.3 is 0 Å². The Morgan fingerprint density at radius 3 is 2.30 bits per heavy atom. The molecular weight excluding hydrogens is 246 g/mol. The van der Waals surface area contributed by atoms with Gasteiger partial charge in [0.05, 0.1) is 11.7 Å². The van der Waals surface area contributed by atoms with Crippen LogP contribution in [0.25, 0.3) is 16.6 Å². The zero-order chi connectivity index (χ0) is 14.3. The van der Waals surface area contributed by atoms with E-state index < -0.39 is 0 Å². The van der Waals surface area contributed by atoms with Crippen molar-refractivity contribution in [1.29, 1.82) is 0 Å². The predicted molar refractivity (Wildman–Crippen MR) is 83.6 cm³/mol. The number of aromatic nitrogens is 1. The van der Waals surface area contributed by atoms with Crippen molar-refractivity contribution in [2.45, 2.75) is 26.2 Å². The fourth-order valence-corrected chi connectivity index (χ4v) is 2.48. The maximum Gasteiger partial charge on any atom is 0.141 e. The van der Waals surface area contributed by atoms with Gasteiger partial charge in [0.25, 0.3) is 0 Å². The summed E-state index contributed by atoms with van der Waals surface area (Å²) in [5, 5.41) is 11.1. The smallest absolute Gasteiger partial charge is 0.141 e. The van der Waals surface area contributed by atoms with E-state index >= 15 is 0 Å². The Morgan fingerprint density at radius 1 is 0.950 bits per heavy atom. The van der Waals surface area contributed by atoms with Crippen LogP contribution in [0, 0.1) is 0 Å². The molecule has 1 heterocycles.